The minimum atomic E-state index is 1.21. The zero-order chi connectivity index (χ0) is 8.97. The Morgan fingerprint density at radius 2 is 2.17 bits per heavy atom. The molecule has 0 aliphatic heterocycles. The quantitative estimate of drug-likeness (QED) is 0.602. The van der Waals surface area contributed by atoms with E-state index in [1.165, 1.54) is 32.1 Å². The molecule has 1 heteroatoms. The van der Waals surface area contributed by atoms with Gasteiger partial charge in [-0.1, -0.05) is 0 Å². The van der Waals surface area contributed by atoms with Gasteiger partial charge in [-0.15, -0.1) is 0 Å². The van der Waals surface area contributed by atoms with Gasteiger partial charge in [-0.25, -0.2) is 0 Å². The van der Waals surface area contributed by atoms with Crippen molar-refractivity contribution in [3.05, 3.63) is 21.1 Å². The monoisotopic (exact) mass is 197 g/mol. The van der Waals surface area contributed by atoms with Crippen LogP contribution in [-0.2, 0) is 20.4 Å². The Balaban J connectivity index is 2.44. The summed E-state index contributed by atoms with van der Waals surface area (Å²) in [6.45, 7) is 4.51. The summed E-state index contributed by atoms with van der Waals surface area (Å²) in [6, 6.07) is 0. The SMILES string of the molecule is CCCCC1=CC(CC)=[C]([Ti])C1. The Morgan fingerprint density at radius 3 is 2.67 bits per heavy atom. The van der Waals surface area contributed by atoms with Crippen LogP contribution in [-0.4, -0.2) is 0 Å². The summed E-state index contributed by atoms with van der Waals surface area (Å²) in [6.07, 6.45) is 8.88. The van der Waals surface area contributed by atoms with Gasteiger partial charge in [-0.3, -0.25) is 0 Å². The standard InChI is InChI=1S/C11H17.Ti/c1-3-5-6-11-8-7-10(4-2)9-11;/h9H,3-6,8H2,1-2H3;. The minimum absolute atomic E-state index is 1.21. The van der Waals surface area contributed by atoms with E-state index in [0.29, 0.717) is 0 Å². The predicted molar refractivity (Wildman–Crippen MR) is 49.5 cm³/mol. The van der Waals surface area contributed by atoms with Crippen molar-refractivity contribution in [2.24, 2.45) is 0 Å². The molecular weight excluding hydrogens is 180 g/mol. The van der Waals surface area contributed by atoms with Crippen LogP contribution in [0.5, 0.6) is 0 Å². The molecule has 1 rings (SSSR count). The second-order valence-corrected chi connectivity index (χ2v) is 4.38. The third-order valence-electron chi connectivity index (χ3n) is 2.40. The van der Waals surface area contributed by atoms with E-state index in [1.807, 2.05) is 0 Å². The average molecular weight is 197 g/mol. The summed E-state index contributed by atoms with van der Waals surface area (Å²) in [5, 5.41) is 0. The van der Waals surface area contributed by atoms with Crippen molar-refractivity contribution in [1.29, 1.82) is 0 Å². The molecule has 0 unspecified atom stereocenters. The second kappa shape index (κ2) is 5.04. The summed E-state index contributed by atoms with van der Waals surface area (Å²) < 4.78 is 1.60. The van der Waals surface area contributed by atoms with E-state index in [0.717, 1.165) is 0 Å². The summed E-state index contributed by atoms with van der Waals surface area (Å²) in [5.74, 6) is 0. The Bertz CT molecular complexity index is 211. The molecule has 0 N–H and O–H groups in total. The molecule has 0 aromatic heterocycles. The molecule has 0 saturated heterocycles. The van der Waals surface area contributed by atoms with E-state index in [2.05, 4.69) is 40.4 Å². The van der Waals surface area contributed by atoms with Crippen LogP contribution < -0.4 is 0 Å². The zero-order valence-corrected chi connectivity index (χ0v) is 9.67. The Labute approximate surface area is 87.5 Å². The van der Waals surface area contributed by atoms with Gasteiger partial charge in [0.25, 0.3) is 0 Å². The van der Waals surface area contributed by atoms with E-state index >= 15 is 0 Å². The maximum atomic E-state index is 2.42. The van der Waals surface area contributed by atoms with E-state index in [-0.39, 0.29) is 0 Å². The van der Waals surface area contributed by atoms with Crippen molar-refractivity contribution >= 4 is 0 Å². The number of unbranched alkanes of at least 4 members (excludes halogenated alkanes) is 1. The van der Waals surface area contributed by atoms with E-state index in [4.69, 9.17) is 0 Å². The number of hydrogen-bond donors (Lipinski definition) is 0. The summed E-state index contributed by atoms with van der Waals surface area (Å²) >= 11 is 2.27. The molecule has 0 amide bonds. The van der Waals surface area contributed by atoms with Crippen LogP contribution >= 0.6 is 0 Å². The second-order valence-electron chi connectivity index (χ2n) is 3.44. The van der Waals surface area contributed by atoms with Crippen LogP contribution in [0, 0.1) is 0 Å². The van der Waals surface area contributed by atoms with Gasteiger partial charge in [0.15, 0.2) is 0 Å². The normalized spacial score (nSPS) is 16.9. The first-order valence-corrected chi connectivity index (χ1v) is 5.69. The van der Waals surface area contributed by atoms with Crippen molar-refractivity contribution in [3.63, 3.8) is 0 Å². The molecule has 0 aromatic carbocycles. The third-order valence-corrected chi connectivity index (χ3v) is 3.18. The summed E-state index contributed by atoms with van der Waals surface area (Å²) in [5.41, 5.74) is 3.24. The van der Waals surface area contributed by atoms with Crippen LogP contribution in [0.1, 0.15) is 46.0 Å². The summed E-state index contributed by atoms with van der Waals surface area (Å²) in [4.78, 5) is 0. The third kappa shape index (κ3) is 2.60. The van der Waals surface area contributed by atoms with Gasteiger partial charge in [-0.2, -0.15) is 0 Å². The molecule has 1 aliphatic rings. The van der Waals surface area contributed by atoms with E-state index < -0.39 is 0 Å². The average Bonchev–Trinajstić information content (AvgIpc) is 2.43. The fraction of sp³-hybridized carbons (Fsp3) is 0.636. The van der Waals surface area contributed by atoms with Gasteiger partial charge in [0.1, 0.15) is 0 Å². The van der Waals surface area contributed by atoms with Crippen LogP contribution in [0.2, 0.25) is 0 Å². The van der Waals surface area contributed by atoms with Crippen molar-refractivity contribution < 1.29 is 20.4 Å². The molecule has 0 spiro atoms. The molecule has 0 fully saturated rings. The number of hydrogen-bond acceptors (Lipinski definition) is 0. The van der Waals surface area contributed by atoms with Gasteiger partial charge >= 0.3 is 87.5 Å². The molecule has 65 valence electrons. The molecule has 1 aliphatic carbocycles. The van der Waals surface area contributed by atoms with Crippen molar-refractivity contribution in [2.75, 3.05) is 0 Å². The molecule has 0 radical (unpaired) electrons. The summed E-state index contributed by atoms with van der Waals surface area (Å²) in [7, 11) is 0. The molecule has 12 heavy (non-hydrogen) atoms. The fourth-order valence-corrected chi connectivity index (χ4v) is 2.35. The number of allylic oxidation sites excluding steroid dienone is 4. The van der Waals surface area contributed by atoms with Gasteiger partial charge < -0.3 is 0 Å². The molecule has 0 atom stereocenters. The first kappa shape index (κ1) is 10.3. The Kier molecular flexibility index (Phi) is 4.32. The van der Waals surface area contributed by atoms with Crippen molar-refractivity contribution in [3.8, 4) is 0 Å². The number of rotatable bonds is 4. The molecule has 0 saturated carbocycles. The topological polar surface area (TPSA) is 0 Å². The van der Waals surface area contributed by atoms with Crippen LogP contribution in [0.3, 0.4) is 0 Å². The first-order valence-electron chi connectivity index (χ1n) is 4.91. The molecule has 0 heterocycles. The Morgan fingerprint density at radius 1 is 1.42 bits per heavy atom. The van der Waals surface area contributed by atoms with Crippen LogP contribution in [0.15, 0.2) is 21.1 Å². The van der Waals surface area contributed by atoms with Gasteiger partial charge in [-0.05, 0) is 0 Å². The molecule has 0 aromatic rings. The van der Waals surface area contributed by atoms with Gasteiger partial charge in [0.2, 0.25) is 0 Å². The molecule has 0 bridgehead atoms. The molecule has 0 nitrogen and oxygen atoms in total. The van der Waals surface area contributed by atoms with Crippen LogP contribution in [0.4, 0.5) is 0 Å². The van der Waals surface area contributed by atoms with Crippen molar-refractivity contribution in [1.82, 2.24) is 0 Å². The Hall–Kier alpha value is 0.194. The van der Waals surface area contributed by atoms with Gasteiger partial charge in [0, 0.05) is 0 Å². The van der Waals surface area contributed by atoms with E-state index in [9.17, 15) is 0 Å². The van der Waals surface area contributed by atoms with Crippen LogP contribution in [0.25, 0.3) is 0 Å². The zero-order valence-electron chi connectivity index (χ0n) is 8.11. The predicted octanol–water partition coefficient (Wildman–Crippen LogP) is 3.72. The molecular formula is C11H17Ti. The van der Waals surface area contributed by atoms with E-state index in [1.54, 1.807) is 15.0 Å². The maximum absolute atomic E-state index is 2.42. The van der Waals surface area contributed by atoms with Gasteiger partial charge in [0.05, 0.1) is 0 Å². The fourth-order valence-electron chi connectivity index (χ4n) is 1.60. The first-order chi connectivity index (χ1) is 5.77. The van der Waals surface area contributed by atoms with Crippen molar-refractivity contribution in [2.45, 2.75) is 46.0 Å².